The third-order valence-electron chi connectivity index (χ3n) is 1.89. The van der Waals surface area contributed by atoms with Gasteiger partial charge in [0.2, 0.25) is 10.0 Å². The van der Waals surface area contributed by atoms with Gasteiger partial charge >= 0.3 is 0 Å². The van der Waals surface area contributed by atoms with Gasteiger partial charge in [-0.25, -0.2) is 13.1 Å². The Bertz CT molecular complexity index is 489. The average molecular weight is 306 g/mol. The Balaban J connectivity index is 3.13. The SMILES string of the molecule is Cc1ccc(S(=O)(=O)NC(C)(C)C)cc1Br. The molecular formula is C11H16BrNO2S. The lowest BCUT2D eigenvalue weighted by molar-refractivity contribution is 0.491. The molecule has 0 saturated heterocycles. The van der Waals surface area contributed by atoms with E-state index in [1.54, 1.807) is 18.2 Å². The lowest BCUT2D eigenvalue weighted by atomic mass is 10.1. The number of aryl methyl sites for hydroxylation is 1. The molecule has 90 valence electrons. The molecule has 0 amide bonds. The molecule has 0 spiro atoms. The lowest BCUT2D eigenvalue weighted by Gasteiger charge is -2.20. The van der Waals surface area contributed by atoms with Crippen molar-refractivity contribution in [1.29, 1.82) is 0 Å². The molecule has 16 heavy (non-hydrogen) atoms. The van der Waals surface area contributed by atoms with Crippen LogP contribution in [0.25, 0.3) is 0 Å². The van der Waals surface area contributed by atoms with Gasteiger partial charge in [0.1, 0.15) is 0 Å². The van der Waals surface area contributed by atoms with Gasteiger partial charge in [0.15, 0.2) is 0 Å². The van der Waals surface area contributed by atoms with Crippen molar-refractivity contribution < 1.29 is 8.42 Å². The summed E-state index contributed by atoms with van der Waals surface area (Å²) in [5, 5.41) is 0. The van der Waals surface area contributed by atoms with E-state index in [9.17, 15) is 8.42 Å². The molecule has 0 aliphatic heterocycles. The van der Waals surface area contributed by atoms with E-state index in [0.29, 0.717) is 0 Å². The molecule has 0 bridgehead atoms. The summed E-state index contributed by atoms with van der Waals surface area (Å²) in [6, 6.07) is 5.00. The summed E-state index contributed by atoms with van der Waals surface area (Å²) >= 11 is 3.33. The highest BCUT2D eigenvalue weighted by molar-refractivity contribution is 9.10. The van der Waals surface area contributed by atoms with Gasteiger partial charge in [-0.2, -0.15) is 0 Å². The van der Waals surface area contributed by atoms with Crippen LogP contribution in [0.4, 0.5) is 0 Å². The molecule has 0 radical (unpaired) electrons. The minimum Gasteiger partial charge on any atom is -0.207 e. The maximum atomic E-state index is 12.0. The molecule has 1 aromatic carbocycles. The van der Waals surface area contributed by atoms with E-state index in [2.05, 4.69) is 20.7 Å². The van der Waals surface area contributed by atoms with Gasteiger partial charge < -0.3 is 0 Å². The van der Waals surface area contributed by atoms with Crippen LogP contribution >= 0.6 is 15.9 Å². The van der Waals surface area contributed by atoms with Gasteiger partial charge in [0, 0.05) is 10.0 Å². The maximum Gasteiger partial charge on any atom is 0.241 e. The molecule has 0 aliphatic rings. The van der Waals surface area contributed by atoms with Crippen LogP contribution in [-0.4, -0.2) is 14.0 Å². The van der Waals surface area contributed by atoms with E-state index in [1.807, 2.05) is 27.7 Å². The molecule has 0 heterocycles. The highest BCUT2D eigenvalue weighted by Crippen LogP contribution is 2.21. The fraction of sp³-hybridized carbons (Fsp3) is 0.455. The van der Waals surface area contributed by atoms with Crippen LogP contribution in [0, 0.1) is 6.92 Å². The molecule has 0 fully saturated rings. The molecule has 5 heteroatoms. The van der Waals surface area contributed by atoms with E-state index in [0.717, 1.165) is 10.0 Å². The first-order valence-electron chi connectivity index (χ1n) is 4.92. The van der Waals surface area contributed by atoms with Crippen LogP contribution in [0.2, 0.25) is 0 Å². The summed E-state index contributed by atoms with van der Waals surface area (Å²) in [6.45, 7) is 7.35. The standard InChI is InChI=1S/C11H16BrNO2S/c1-8-5-6-9(7-10(8)12)16(14,15)13-11(2,3)4/h5-7,13H,1-4H3. The molecule has 3 nitrogen and oxygen atoms in total. The first kappa shape index (κ1) is 13.7. The Hall–Kier alpha value is -0.390. The minimum atomic E-state index is -3.44. The van der Waals surface area contributed by atoms with Crippen LogP contribution in [0.15, 0.2) is 27.6 Å². The largest absolute Gasteiger partial charge is 0.241 e. The second kappa shape index (κ2) is 4.47. The summed E-state index contributed by atoms with van der Waals surface area (Å²) in [5.41, 5.74) is 0.533. The van der Waals surface area contributed by atoms with Crippen molar-refractivity contribution in [3.8, 4) is 0 Å². The zero-order valence-corrected chi connectivity index (χ0v) is 12.2. The zero-order chi connectivity index (χ0) is 12.6. The van der Waals surface area contributed by atoms with E-state index in [1.165, 1.54) is 0 Å². The number of rotatable bonds is 2. The predicted molar refractivity (Wildman–Crippen MR) is 69.0 cm³/mol. The topological polar surface area (TPSA) is 46.2 Å². The Morgan fingerprint density at radius 1 is 1.25 bits per heavy atom. The third-order valence-corrected chi connectivity index (χ3v) is 4.50. The number of hydrogen-bond acceptors (Lipinski definition) is 2. The van der Waals surface area contributed by atoms with Gasteiger partial charge in [-0.15, -0.1) is 0 Å². The van der Waals surface area contributed by atoms with Crippen molar-refractivity contribution in [3.05, 3.63) is 28.2 Å². The normalized spacial score (nSPS) is 12.8. The first-order valence-corrected chi connectivity index (χ1v) is 7.19. The molecule has 1 rings (SSSR count). The first-order chi connectivity index (χ1) is 7.12. The number of hydrogen-bond donors (Lipinski definition) is 1. The number of sulfonamides is 1. The number of benzene rings is 1. The summed E-state index contributed by atoms with van der Waals surface area (Å²) < 4.78 is 27.4. The monoisotopic (exact) mass is 305 g/mol. The second-order valence-electron chi connectivity index (χ2n) is 4.77. The van der Waals surface area contributed by atoms with E-state index in [4.69, 9.17) is 0 Å². The Morgan fingerprint density at radius 3 is 2.25 bits per heavy atom. The van der Waals surface area contributed by atoms with Gasteiger partial charge in [0.25, 0.3) is 0 Å². The van der Waals surface area contributed by atoms with Crippen molar-refractivity contribution in [2.75, 3.05) is 0 Å². The molecule has 0 aromatic heterocycles. The van der Waals surface area contributed by atoms with Crippen LogP contribution in [0.5, 0.6) is 0 Å². The lowest BCUT2D eigenvalue weighted by Crippen LogP contribution is -2.40. The second-order valence-corrected chi connectivity index (χ2v) is 7.30. The molecule has 1 aromatic rings. The van der Waals surface area contributed by atoms with Gasteiger partial charge in [-0.05, 0) is 45.4 Å². The van der Waals surface area contributed by atoms with Crippen molar-refractivity contribution >= 4 is 26.0 Å². The third kappa shape index (κ3) is 3.57. The van der Waals surface area contributed by atoms with E-state index < -0.39 is 15.6 Å². The number of nitrogens with one attached hydrogen (secondary N) is 1. The van der Waals surface area contributed by atoms with Crippen molar-refractivity contribution in [2.24, 2.45) is 0 Å². The number of halogens is 1. The Morgan fingerprint density at radius 2 is 1.81 bits per heavy atom. The summed E-state index contributed by atoms with van der Waals surface area (Å²) in [6.07, 6.45) is 0. The molecule has 0 saturated carbocycles. The van der Waals surface area contributed by atoms with Crippen molar-refractivity contribution in [3.63, 3.8) is 0 Å². The van der Waals surface area contributed by atoms with Crippen LogP contribution < -0.4 is 4.72 Å². The van der Waals surface area contributed by atoms with E-state index in [-0.39, 0.29) is 4.90 Å². The van der Waals surface area contributed by atoms with Crippen LogP contribution in [0.1, 0.15) is 26.3 Å². The maximum absolute atomic E-state index is 12.0. The fourth-order valence-electron chi connectivity index (χ4n) is 1.20. The van der Waals surface area contributed by atoms with Crippen LogP contribution in [-0.2, 0) is 10.0 Å². The molecule has 0 atom stereocenters. The van der Waals surface area contributed by atoms with Gasteiger partial charge in [0.05, 0.1) is 4.90 Å². The van der Waals surface area contributed by atoms with Gasteiger partial charge in [-0.3, -0.25) is 0 Å². The smallest absolute Gasteiger partial charge is 0.207 e. The van der Waals surface area contributed by atoms with E-state index >= 15 is 0 Å². The molecule has 0 unspecified atom stereocenters. The fourth-order valence-corrected chi connectivity index (χ4v) is 3.18. The highest BCUT2D eigenvalue weighted by atomic mass is 79.9. The van der Waals surface area contributed by atoms with Crippen molar-refractivity contribution in [2.45, 2.75) is 38.1 Å². The summed E-state index contributed by atoms with van der Waals surface area (Å²) in [7, 11) is -3.44. The quantitative estimate of drug-likeness (QED) is 0.913. The highest BCUT2D eigenvalue weighted by Gasteiger charge is 2.22. The minimum absolute atomic E-state index is 0.278. The Labute approximate surface area is 105 Å². The zero-order valence-electron chi connectivity index (χ0n) is 9.83. The predicted octanol–water partition coefficient (Wildman–Crippen LogP) is 2.83. The molecule has 1 N–H and O–H groups in total. The van der Waals surface area contributed by atoms with Gasteiger partial charge in [-0.1, -0.05) is 22.0 Å². The summed E-state index contributed by atoms with van der Waals surface area (Å²) in [5.74, 6) is 0. The summed E-state index contributed by atoms with van der Waals surface area (Å²) in [4.78, 5) is 0.278. The molecular weight excluding hydrogens is 290 g/mol. The average Bonchev–Trinajstić information content (AvgIpc) is 2.05. The van der Waals surface area contributed by atoms with Crippen LogP contribution in [0.3, 0.4) is 0 Å². The molecule has 0 aliphatic carbocycles. The Kier molecular flexibility index (Phi) is 3.82. The van der Waals surface area contributed by atoms with Crippen molar-refractivity contribution in [1.82, 2.24) is 4.72 Å².